The number of ether oxygens (including phenoxy) is 7. The van der Waals surface area contributed by atoms with Crippen molar-refractivity contribution >= 4 is 42.1 Å². The van der Waals surface area contributed by atoms with Crippen LogP contribution in [0.3, 0.4) is 0 Å². The van der Waals surface area contributed by atoms with Crippen LogP contribution in [-0.2, 0) is 57.1 Å². The van der Waals surface area contributed by atoms with Crippen molar-refractivity contribution in [1.82, 2.24) is 5.32 Å². The maximum Gasteiger partial charge on any atom is 0.513 e. The molecule has 3 N–H and O–H groups in total. The fourth-order valence-corrected chi connectivity index (χ4v) is 3.86. The van der Waals surface area contributed by atoms with E-state index in [-0.39, 0.29) is 64.9 Å². The molecule has 0 heterocycles. The average Bonchev–Trinajstić information content (AvgIpc) is 2.96. The highest BCUT2D eigenvalue weighted by Gasteiger charge is 2.34. The van der Waals surface area contributed by atoms with Crippen molar-refractivity contribution in [3.05, 3.63) is 0 Å². The first-order chi connectivity index (χ1) is 22.6. The molecule has 0 spiro atoms. The summed E-state index contributed by atoms with van der Waals surface area (Å²) in [6, 6.07) is 0. The number of unbranched alkanes of at least 4 members (excludes halogenated alkanes) is 4. The van der Waals surface area contributed by atoms with E-state index >= 15 is 0 Å². The molecule has 48 heavy (non-hydrogen) atoms. The molecule has 17 nitrogen and oxygen atoms in total. The summed E-state index contributed by atoms with van der Waals surface area (Å²) in [5.41, 5.74) is -2.14. The van der Waals surface area contributed by atoms with Gasteiger partial charge in [-0.3, -0.25) is 24.0 Å². The van der Waals surface area contributed by atoms with Crippen molar-refractivity contribution in [3.63, 3.8) is 0 Å². The minimum Gasteiger partial charge on any atom is -0.466 e. The lowest BCUT2D eigenvalue weighted by Gasteiger charge is -2.34. The zero-order valence-corrected chi connectivity index (χ0v) is 28.3. The molecule has 0 aliphatic carbocycles. The van der Waals surface area contributed by atoms with Crippen LogP contribution in [0.25, 0.3) is 0 Å². The Morgan fingerprint density at radius 3 is 1.46 bits per heavy atom. The monoisotopic (exact) mass is 693 g/mol. The van der Waals surface area contributed by atoms with Crippen LogP contribution in [-0.4, -0.2) is 110 Å². The summed E-state index contributed by atoms with van der Waals surface area (Å²) < 4.78 is 35.3. The van der Waals surface area contributed by atoms with Gasteiger partial charge in [0.2, 0.25) is 5.91 Å². The second kappa shape index (κ2) is 25.2. The van der Waals surface area contributed by atoms with Gasteiger partial charge in [0.15, 0.2) is 0 Å². The molecular formula is C31H51NO16. The zero-order chi connectivity index (χ0) is 36.4. The minimum absolute atomic E-state index is 0.0798. The Balaban J connectivity index is 5.42. The van der Waals surface area contributed by atoms with E-state index in [2.05, 4.69) is 14.8 Å². The van der Waals surface area contributed by atoms with E-state index in [1.54, 1.807) is 20.8 Å². The first-order valence-corrected chi connectivity index (χ1v) is 15.9. The molecule has 0 unspecified atom stereocenters. The average molecular weight is 694 g/mol. The van der Waals surface area contributed by atoms with Gasteiger partial charge in [0.1, 0.15) is 11.1 Å². The summed E-state index contributed by atoms with van der Waals surface area (Å²) >= 11 is 0. The van der Waals surface area contributed by atoms with Crippen LogP contribution in [0.5, 0.6) is 0 Å². The molecule has 0 rings (SSSR count). The van der Waals surface area contributed by atoms with Crippen molar-refractivity contribution in [2.75, 3.05) is 46.2 Å². The Labute approximate surface area is 280 Å². The fourth-order valence-electron chi connectivity index (χ4n) is 3.86. The topological polar surface area (TPSA) is 237 Å². The maximum absolute atomic E-state index is 13.1. The molecular weight excluding hydrogens is 642 g/mol. The summed E-state index contributed by atoms with van der Waals surface area (Å²) in [5.74, 6) is -3.33. The van der Waals surface area contributed by atoms with Gasteiger partial charge >= 0.3 is 36.2 Å². The van der Waals surface area contributed by atoms with Crippen molar-refractivity contribution in [2.24, 2.45) is 0 Å². The first-order valence-electron chi connectivity index (χ1n) is 15.9. The molecule has 0 radical (unpaired) electrons. The molecule has 17 heteroatoms. The van der Waals surface area contributed by atoms with Crippen molar-refractivity contribution in [1.29, 1.82) is 0 Å². The number of amides is 1. The number of hydrogen-bond acceptors (Lipinski definition) is 14. The normalized spacial score (nSPS) is 11.3. The van der Waals surface area contributed by atoms with Gasteiger partial charge in [0, 0.05) is 12.8 Å². The van der Waals surface area contributed by atoms with Crippen LogP contribution in [0.2, 0.25) is 0 Å². The molecule has 276 valence electrons. The molecule has 0 aliphatic heterocycles. The van der Waals surface area contributed by atoms with Crippen LogP contribution < -0.4 is 5.32 Å². The smallest absolute Gasteiger partial charge is 0.466 e. The van der Waals surface area contributed by atoms with Gasteiger partial charge in [-0.05, 0) is 40.0 Å². The number of esters is 4. The van der Waals surface area contributed by atoms with Gasteiger partial charge in [-0.2, -0.15) is 0 Å². The van der Waals surface area contributed by atoms with Gasteiger partial charge < -0.3 is 48.7 Å². The molecule has 1 amide bonds. The van der Waals surface area contributed by atoms with Crippen LogP contribution in [0.15, 0.2) is 0 Å². The third kappa shape index (κ3) is 26.3. The third-order valence-corrected chi connectivity index (χ3v) is 6.01. The highest BCUT2D eigenvalue weighted by atomic mass is 16.7. The molecule has 0 aromatic rings. The number of carboxylic acid groups (broad SMARTS) is 2. The van der Waals surface area contributed by atoms with Gasteiger partial charge in [0.05, 0.1) is 65.5 Å². The highest BCUT2D eigenvalue weighted by Crippen LogP contribution is 2.14. The van der Waals surface area contributed by atoms with E-state index in [1.165, 1.54) is 0 Å². The third-order valence-electron chi connectivity index (χ3n) is 6.01. The van der Waals surface area contributed by atoms with Crippen molar-refractivity contribution < 1.29 is 76.9 Å². The fraction of sp³-hybridized carbons (Fsp3) is 0.774. The zero-order valence-electron chi connectivity index (χ0n) is 28.3. The van der Waals surface area contributed by atoms with Crippen LogP contribution >= 0.6 is 0 Å². The van der Waals surface area contributed by atoms with E-state index in [0.29, 0.717) is 32.3 Å². The quantitative estimate of drug-likeness (QED) is 0.0508. The second-order valence-electron chi connectivity index (χ2n) is 11.8. The maximum atomic E-state index is 13.1. The SMILES string of the molecule is CCCCOC(=O)CCCCCCC(=O)NC(COCCC(=O)OC(=O)O)(COCCC(=O)OC(=O)O)COCCC(=O)OC(C)(C)C. The minimum atomic E-state index is -1.78. The molecule has 0 saturated carbocycles. The number of rotatable bonds is 26. The number of carbonyl (C=O) groups excluding carboxylic acids is 5. The Hall–Kier alpha value is -3.83. The molecule has 0 aliphatic rings. The Morgan fingerprint density at radius 2 is 1.02 bits per heavy atom. The molecule has 0 atom stereocenters. The Kier molecular flexibility index (Phi) is 23.2. The first kappa shape index (κ1) is 44.2. The molecule has 0 saturated heterocycles. The number of hydrogen-bond donors (Lipinski definition) is 3. The van der Waals surface area contributed by atoms with Crippen LogP contribution in [0.1, 0.15) is 98.3 Å². The van der Waals surface area contributed by atoms with Crippen LogP contribution in [0, 0.1) is 0 Å². The lowest BCUT2D eigenvalue weighted by atomic mass is 10.0. The van der Waals surface area contributed by atoms with Crippen molar-refractivity contribution in [2.45, 2.75) is 109 Å². The summed E-state index contributed by atoms with van der Waals surface area (Å²) in [6.07, 6.45) is 0.0185. The van der Waals surface area contributed by atoms with Gasteiger partial charge in [-0.25, -0.2) is 9.59 Å². The van der Waals surface area contributed by atoms with E-state index in [1.807, 2.05) is 6.92 Å². The summed E-state index contributed by atoms with van der Waals surface area (Å²) in [7, 11) is 0. The second-order valence-corrected chi connectivity index (χ2v) is 11.8. The Morgan fingerprint density at radius 1 is 0.562 bits per heavy atom. The summed E-state index contributed by atoms with van der Waals surface area (Å²) in [6.45, 7) is 5.93. The predicted octanol–water partition coefficient (Wildman–Crippen LogP) is 3.53. The summed E-state index contributed by atoms with van der Waals surface area (Å²) in [4.78, 5) is 81.4. The van der Waals surface area contributed by atoms with Gasteiger partial charge in [0.25, 0.3) is 0 Å². The van der Waals surface area contributed by atoms with Gasteiger partial charge in [-0.15, -0.1) is 0 Å². The molecule has 0 aromatic carbocycles. The standard InChI is InChI=1S/C31H51NO16/c1-5-6-16-45-24(34)12-10-8-7-9-11-23(33)32-31(20-42-17-13-25(35)46-28(38)39,21-43-18-14-26(36)47-29(40)41)22-44-19-15-27(37)48-30(2,3)4/h5-22H2,1-4H3,(H,32,33)(H,38,39)(H,40,41). The molecule has 0 fully saturated rings. The van der Waals surface area contributed by atoms with Crippen LogP contribution in [0.4, 0.5) is 9.59 Å². The lowest BCUT2D eigenvalue weighted by Crippen LogP contribution is -2.58. The van der Waals surface area contributed by atoms with E-state index < -0.39 is 60.1 Å². The number of carbonyl (C=O) groups is 7. The van der Waals surface area contributed by atoms with E-state index in [4.69, 9.17) is 33.9 Å². The highest BCUT2D eigenvalue weighted by molar-refractivity contribution is 5.81. The van der Waals surface area contributed by atoms with E-state index in [0.717, 1.165) is 12.8 Å². The lowest BCUT2D eigenvalue weighted by molar-refractivity contribution is -0.156. The Bertz CT molecular complexity index is 986. The van der Waals surface area contributed by atoms with Crippen molar-refractivity contribution in [3.8, 4) is 0 Å². The molecule has 0 bridgehead atoms. The summed E-state index contributed by atoms with van der Waals surface area (Å²) in [5, 5.41) is 20.0. The molecule has 0 aromatic heterocycles. The number of nitrogens with one attached hydrogen (secondary N) is 1. The van der Waals surface area contributed by atoms with Gasteiger partial charge in [-0.1, -0.05) is 26.2 Å². The largest absolute Gasteiger partial charge is 0.513 e. The van der Waals surface area contributed by atoms with E-state index in [9.17, 15) is 33.6 Å². The predicted molar refractivity (Wildman–Crippen MR) is 165 cm³/mol.